The number of ether oxygens (including phenoxy) is 2. The van der Waals surface area contributed by atoms with Gasteiger partial charge in [0.2, 0.25) is 0 Å². The standard InChI is InChI=1S/C20H20BrNO4/c1-13-4-7-17(14(2)10-13)22-19(23)12-26-20(24)9-5-15-11-16(21)6-8-18(15)25-3/h4-11H,12H2,1-3H3,(H,22,23)/b9-5+. The summed E-state index contributed by atoms with van der Waals surface area (Å²) in [6.07, 6.45) is 2.84. The molecule has 0 fully saturated rings. The van der Waals surface area contributed by atoms with Crippen molar-refractivity contribution >= 4 is 39.6 Å². The SMILES string of the molecule is COc1ccc(Br)cc1/C=C/C(=O)OCC(=O)Nc1ccc(C)cc1C. The number of hydrogen-bond donors (Lipinski definition) is 1. The van der Waals surface area contributed by atoms with Gasteiger partial charge in [-0.15, -0.1) is 0 Å². The van der Waals surface area contributed by atoms with Crippen LogP contribution in [0.4, 0.5) is 5.69 Å². The zero-order chi connectivity index (χ0) is 19.1. The summed E-state index contributed by atoms with van der Waals surface area (Å²) in [6, 6.07) is 11.1. The zero-order valence-corrected chi connectivity index (χ0v) is 16.4. The molecule has 0 aliphatic heterocycles. The monoisotopic (exact) mass is 417 g/mol. The maximum absolute atomic E-state index is 11.9. The smallest absolute Gasteiger partial charge is 0.331 e. The molecule has 0 aliphatic rings. The molecule has 1 amide bonds. The van der Waals surface area contributed by atoms with Gasteiger partial charge in [0.15, 0.2) is 6.61 Å². The van der Waals surface area contributed by atoms with Crippen molar-refractivity contribution in [3.63, 3.8) is 0 Å². The van der Waals surface area contributed by atoms with Gasteiger partial charge in [-0.3, -0.25) is 4.79 Å². The van der Waals surface area contributed by atoms with E-state index in [1.165, 1.54) is 6.08 Å². The van der Waals surface area contributed by atoms with Crippen LogP contribution in [-0.4, -0.2) is 25.6 Å². The highest BCUT2D eigenvalue weighted by Gasteiger charge is 2.08. The first kappa shape index (κ1) is 19.7. The van der Waals surface area contributed by atoms with E-state index in [0.717, 1.165) is 21.2 Å². The normalized spacial score (nSPS) is 10.6. The zero-order valence-electron chi connectivity index (χ0n) is 14.8. The Morgan fingerprint density at radius 1 is 1.15 bits per heavy atom. The Bertz CT molecular complexity index is 846. The Hall–Kier alpha value is -2.60. The molecule has 2 rings (SSSR count). The lowest BCUT2D eigenvalue weighted by Crippen LogP contribution is -2.20. The van der Waals surface area contributed by atoms with Gasteiger partial charge >= 0.3 is 5.97 Å². The third-order valence-corrected chi connectivity index (χ3v) is 4.09. The van der Waals surface area contributed by atoms with Crippen molar-refractivity contribution in [2.24, 2.45) is 0 Å². The summed E-state index contributed by atoms with van der Waals surface area (Å²) >= 11 is 3.37. The molecule has 0 saturated carbocycles. The minimum Gasteiger partial charge on any atom is -0.496 e. The highest BCUT2D eigenvalue weighted by molar-refractivity contribution is 9.10. The predicted molar refractivity (Wildman–Crippen MR) is 105 cm³/mol. The lowest BCUT2D eigenvalue weighted by atomic mass is 10.1. The first-order valence-electron chi connectivity index (χ1n) is 7.94. The number of methoxy groups -OCH3 is 1. The second kappa shape index (κ2) is 9.20. The van der Waals surface area contributed by atoms with Crippen LogP contribution in [0.2, 0.25) is 0 Å². The number of aryl methyl sites for hydroxylation is 2. The third kappa shape index (κ3) is 5.74. The van der Waals surface area contributed by atoms with E-state index >= 15 is 0 Å². The van der Waals surface area contributed by atoms with Gasteiger partial charge in [-0.2, -0.15) is 0 Å². The van der Waals surface area contributed by atoms with Gasteiger partial charge in [-0.25, -0.2) is 4.79 Å². The van der Waals surface area contributed by atoms with Gasteiger partial charge in [0.1, 0.15) is 5.75 Å². The molecule has 0 radical (unpaired) electrons. The molecule has 1 N–H and O–H groups in total. The van der Waals surface area contributed by atoms with Crippen molar-refractivity contribution in [2.45, 2.75) is 13.8 Å². The Morgan fingerprint density at radius 2 is 1.92 bits per heavy atom. The van der Waals surface area contributed by atoms with Gasteiger partial charge in [0.25, 0.3) is 5.91 Å². The van der Waals surface area contributed by atoms with Crippen LogP contribution in [0.5, 0.6) is 5.75 Å². The van der Waals surface area contributed by atoms with Crippen LogP contribution in [0.3, 0.4) is 0 Å². The maximum atomic E-state index is 11.9. The second-order valence-electron chi connectivity index (χ2n) is 5.69. The number of hydrogen-bond acceptors (Lipinski definition) is 4. The molecule has 0 aromatic heterocycles. The Labute approximate surface area is 161 Å². The van der Waals surface area contributed by atoms with Crippen molar-refractivity contribution in [3.8, 4) is 5.75 Å². The second-order valence-corrected chi connectivity index (χ2v) is 6.61. The molecule has 0 atom stereocenters. The third-order valence-electron chi connectivity index (χ3n) is 3.59. The van der Waals surface area contributed by atoms with Crippen molar-refractivity contribution < 1.29 is 19.1 Å². The van der Waals surface area contributed by atoms with Crippen LogP contribution in [0.25, 0.3) is 6.08 Å². The number of carbonyl (C=O) groups excluding carboxylic acids is 2. The molecule has 2 aromatic carbocycles. The number of amides is 1. The molecule has 0 saturated heterocycles. The number of carbonyl (C=O) groups is 2. The van der Waals surface area contributed by atoms with E-state index in [2.05, 4.69) is 21.2 Å². The average Bonchev–Trinajstić information content (AvgIpc) is 2.60. The first-order valence-corrected chi connectivity index (χ1v) is 8.74. The maximum Gasteiger partial charge on any atom is 0.331 e. The van der Waals surface area contributed by atoms with Gasteiger partial charge in [-0.1, -0.05) is 33.6 Å². The van der Waals surface area contributed by atoms with E-state index in [-0.39, 0.29) is 6.61 Å². The molecule has 0 bridgehead atoms. The Balaban J connectivity index is 1.90. The lowest BCUT2D eigenvalue weighted by Gasteiger charge is -2.09. The first-order chi connectivity index (χ1) is 12.4. The van der Waals surface area contributed by atoms with Crippen LogP contribution < -0.4 is 10.1 Å². The summed E-state index contributed by atoms with van der Waals surface area (Å²) in [5.74, 6) is -0.369. The molecule has 0 aliphatic carbocycles. The number of halogens is 1. The Kier molecular flexibility index (Phi) is 6.97. The molecular formula is C20H20BrNO4. The largest absolute Gasteiger partial charge is 0.496 e. The van der Waals surface area contributed by atoms with E-state index in [1.54, 1.807) is 19.3 Å². The molecule has 26 heavy (non-hydrogen) atoms. The van der Waals surface area contributed by atoms with E-state index in [4.69, 9.17) is 9.47 Å². The average molecular weight is 418 g/mol. The molecule has 0 heterocycles. The van der Waals surface area contributed by atoms with Gasteiger partial charge in [0, 0.05) is 21.8 Å². The molecule has 2 aromatic rings. The number of rotatable bonds is 6. The summed E-state index contributed by atoms with van der Waals surface area (Å²) in [5, 5.41) is 2.73. The highest BCUT2D eigenvalue weighted by atomic mass is 79.9. The molecule has 0 unspecified atom stereocenters. The molecular weight excluding hydrogens is 398 g/mol. The van der Waals surface area contributed by atoms with E-state index in [1.807, 2.05) is 44.2 Å². The summed E-state index contributed by atoms with van der Waals surface area (Å²) in [7, 11) is 1.55. The summed E-state index contributed by atoms with van der Waals surface area (Å²) in [6.45, 7) is 3.53. The van der Waals surface area contributed by atoms with Crippen molar-refractivity contribution in [2.75, 3.05) is 19.0 Å². The van der Waals surface area contributed by atoms with Crippen LogP contribution in [-0.2, 0) is 14.3 Å². The van der Waals surface area contributed by atoms with Gasteiger partial charge < -0.3 is 14.8 Å². The Morgan fingerprint density at radius 3 is 2.62 bits per heavy atom. The van der Waals surface area contributed by atoms with Crippen molar-refractivity contribution in [1.82, 2.24) is 0 Å². The van der Waals surface area contributed by atoms with Crippen molar-refractivity contribution in [1.29, 1.82) is 0 Å². The molecule has 5 nitrogen and oxygen atoms in total. The van der Waals surface area contributed by atoms with Crippen molar-refractivity contribution in [3.05, 3.63) is 63.6 Å². The minimum absolute atomic E-state index is 0.355. The van der Waals surface area contributed by atoms with Crippen LogP contribution >= 0.6 is 15.9 Å². The number of benzene rings is 2. The van der Waals surface area contributed by atoms with E-state index in [9.17, 15) is 9.59 Å². The fourth-order valence-corrected chi connectivity index (χ4v) is 2.70. The highest BCUT2D eigenvalue weighted by Crippen LogP contribution is 2.24. The summed E-state index contributed by atoms with van der Waals surface area (Å²) < 4.78 is 11.1. The molecule has 0 spiro atoms. The lowest BCUT2D eigenvalue weighted by molar-refractivity contribution is -0.142. The molecule has 6 heteroatoms. The minimum atomic E-state index is -0.609. The number of anilines is 1. The van der Waals surface area contributed by atoms with Crippen LogP contribution in [0.1, 0.15) is 16.7 Å². The summed E-state index contributed by atoms with van der Waals surface area (Å²) in [4.78, 5) is 23.8. The quantitative estimate of drug-likeness (QED) is 0.562. The van der Waals surface area contributed by atoms with Crippen LogP contribution in [0, 0.1) is 13.8 Å². The fraction of sp³-hybridized carbons (Fsp3) is 0.200. The number of esters is 1. The predicted octanol–water partition coefficient (Wildman–Crippen LogP) is 4.27. The summed E-state index contributed by atoms with van der Waals surface area (Å²) in [5.41, 5.74) is 3.48. The fourth-order valence-electron chi connectivity index (χ4n) is 2.32. The van der Waals surface area contributed by atoms with Gasteiger partial charge in [-0.05, 0) is 49.8 Å². The van der Waals surface area contributed by atoms with E-state index in [0.29, 0.717) is 11.4 Å². The number of nitrogens with one attached hydrogen (secondary N) is 1. The van der Waals surface area contributed by atoms with Gasteiger partial charge in [0.05, 0.1) is 7.11 Å². The topological polar surface area (TPSA) is 64.6 Å². The van der Waals surface area contributed by atoms with E-state index < -0.39 is 11.9 Å². The molecule has 136 valence electrons. The van der Waals surface area contributed by atoms with Crippen LogP contribution in [0.15, 0.2) is 46.9 Å².